The van der Waals surface area contributed by atoms with Crippen molar-refractivity contribution in [3.05, 3.63) is 5.28 Å². The van der Waals surface area contributed by atoms with Crippen LogP contribution in [0.3, 0.4) is 0 Å². The zero-order valence-corrected chi connectivity index (χ0v) is 11.2. The van der Waals surface area contributed by atoms with Crippen LogP contribution in [0.2, 0.25) is 5.28 Å². The third-order valence-corrected chi connectivity index (χ3v) is 3.14. The molecule has 94 valence electrons. The van der Waals surface area contributed by atoms with E-state index in [-0.39, 0.29) is 10.8 Å². The molecule has 0 aliphatic heterocycles. The predicted molar refractivity (Wildman–Crippen MR) is 69.4 cm³/mol. The average Bonchev–Trinajstić information content (AvgIpc) is 2.98. The molecule has 0 bridgehead atoms. The van der Waals surface area contributed by atoms with Crippen LogP contribution in [0.5, 0.6) is 0 Å². The monoisotopic (exact) mass is 255 g/mol. The van der Waals surface area contributed by atoms with Crippen molar-refractivity contribution >= 4 is 23.5 Å². The molecule has 0 atom stereocenters. The van der Waals surface area contributed by atoms with Crippen molar-refractivity contribution in [2.45, 2.75) is 39.2 Å². The second-order valence-corrected chi connectivity index (χ2v) is 5.24. The molecule has 0 radical (unpaired) electrons. The molecule has 6 heteroatoms. The smallest absolute Gasteiger partial charge is 0.229 e. The molecule has 1 aromatic rings. The molecule has 1 fully saturated rings. The van der Waals surface area contributed by atoms with Crippen LogP contribution in [-0.4, -0.2) is 27.0 Å². The maximum Gasteiger partial charge on any atom is 0.229 e. The Balaban J connectivity index is 2.14. The highest BCUT2D eigenvalue weighted by Gasteiger charge is 2.38. The summed E-state index contributed by atoms with van der Waals surface area (Å²) in [7, 11) is 0. The molecule has 1 saturated carbocycles. The molecular weight excluding hydrogens is 238 g/mol. The summed E-state index contributed by atoms with van der Waals surface area (Å²) < 4.78 is 0. The Morgan fingerprint density at radius 3 is 2.47 bits per heavy atom. The van der Waals surface area contributed by atoms with E-state index in [0.29, 0.717) is 17.8 Å². The van der Waals surface area contributed by atoms with E-state index in [1.54, 1.807) is 0 Å². The third-order valence-electron chi connectivity index (χ3n) is 2.97. The minimum absolute atomic E-state index is 0.00810. The van der Waals surface area contributed by atoms with Gasteiger partial charge in [-0.15, -0.1) is 0 Å². The zero-order valence-electron chi connectivity index (χ0n) is 10.4. The summed E-state index contributed by atoms with van der Waals surface area (Å²) >= 11 is 5.87. The summed E-state index contributed by atoms with van der Waals surface area (Å²) in [4.78, 5) is 12.4. The van der Waals surface area contributed by atoms with Gasteiger partial charge in [-0.2, -0.15) is 15.0 Å². The van der Waals surface area contributed by atoms with Crippen LogP contribution in [0.4, 0.5) is 11.9 Å². The first-order chi connectivity index (χ1) is 8.01. The van der Waals surface area contributed by atoms with E-state index in [0.717, 1.165) is 6.54 Å². The first kappa shape index (κ1) is 12.4. The van der Waals surface area contributed by atoms with Crippen LogP contribution in [0.1, 0.15) is 33.6 Å². The van der Waals surface area contributed by atoms with Crippen LogP contribution < -0.4 is 10.6 Å². The molecule has 17 heavy (non-hydrogen) atoms. The van der Waals surface area contributed by atoms with Crippen molar-refractivity contribution < 1.29 is 0 Å². The number of aromatic nitrogens is 3. The minimum Gasteiger partial charge on any atom is -0.354 e. The molecule has 5 nitrogen and oxygen atoms in total. The lowest BCUT2D eigenvalue weighted by molar-refractivity contribution is 0.490. The van der Waals surface area contributed by atoms with Crippen LogP contribution in [-0.2, 0) is 0 Å². The summed E-state index contributed by atoms with van der Waals surface area (Å²) in [5.74, 6) is 1.75. The maximum absolute atomic E-state index is 5.87. The van der Waals surface area contributed by atoms with Gasteiger partial charge in [-0.05, 0) is 51.1 Å². The van der Waals surface area contributed by atoms with E-state index < -0.39 is 0 Å². The molecule has 0 saturated heterocycles. The molecule has 1 aliphatic rings. The Bertz CT molecular complexity index is 403. The second-order valence-electron chi connectivity index (χ2n) is 4.90. The van der Waals surface area contributed by atoms with Gasteiger partial charge in [-0.3, -0.25) is 0 Å². The van der Waals surface area contributed by atoms with Gasteiger partial charge in [0, 0.05) is 12.1 Å². The van der Waals surface area contributed by atoms with Gasteiger partial charge in [-0.25, -0.2) is 0 Å². The lowest BCUT2D eigenvalue weighted by Gasteiger charge is -2.26. The molecule has 2 N–H and O–H groups in total. The fraction of sp³-hybridized carbons (Fsp3) is 0.727. The van der Waals surface area contributed by atoms with Gasteiger partial charge < -0.3 is 10.6 Å². The van der Waals surface area contributed by atoms with Crippen molar-refractivity contribution in [2.24, 2.45) is 5.92 Å². The quantitative estimate of drug-likeness (QED) is 0.847. The lowest BCUT2D eigenvalue weighted by Crippen LogP contribution is -2.34. The second kappa shape index (κ2) is 4.64. The van der Waals surface area contributed by atoms with Gasteiger partial charge in [0.15, 0.2) is 0 Å². The Kier molecular flexibility index (Phi) is 3.38. The summed E-state index contributed by atoms with van der Waals surface area (Å²) in [5, 5.41) is 6.58. The molecule has 0 unspecified atom stereocenters. The van der Waals surface area contributed by atoms with Gasteiger partial charge in [0.05, 0.1) is 0 Å². The van der Waals surface area contributed by atoms with Crippen molar-refractivity contribution in [3.63, 3.8) is 0 Å². The number of hydrogen-bond acceptors (Lipinski definition) is 5. The zero-order chi connectivity index (χ0) is 12.5. The minimum atomic E-state index is 0.00810. The maximum atomic E-state index is 5.87. The molecule has 0 aromatic carbocycles. The van der Waals surface area contributed by atoms with Crippen molar-refractivity contribution in [3.8, 4) is 0 Å². The number of nitrogens with one attached hydrogen (secondary N) is 2. The van der Waals surface area contributed by atoms with Crippen molar-refractivity contribution in [2.75, 3.05) is 17.2 Å². The third kappa shape index (κ3) is 3.19. The average molecular weight is 256 g/mol. The Labute approximate surface area is 106 Å². The van der Waals surface area contributed by atoms with Crippen LogP contribution in [0, 0.1) is 5.92 Å². The highest BCUT2D eigenvalue weighted by atomic mass is 35.5. The topological polar surface area (TPSA) is 62.7 Å². The van der Waals surface area contributed by atoms with E-state index >= 15 is 0 Å². The van der Waals surface area contributed by atoms with Crippen molar-refractivity contribution in [1.82, 2.24) is 15.0 Å². The molecule has 2 rings (SSSR count). The fourth-order valence-corrected chi connectivity index (χ4v) is 2.00. The summed E-state index contributed by atoms with van der Waals surface area (Å²) in [6.45, 7) is 7.06. The SMILES string of the molecule is CCNc1nc(Cl)nc(NC(C)(C)C2CC2)n1. The van der Waals surface area contributed by atoms with Gasteiger partial charge in [0.25, 0.3) is 0 Å². The van der Waals surface area contributed by atoms with Crippen LogP contribution >= 0.6 is 11.6 Å². The summed E-state index contributed by atoms with van der Waals surface area (Å²) in [5.41, 5.74) is 0.00810. The standard InChI is InChI=1S/C11H18ClN5/c1-4-13-9-14-8(12)15-10(16-9)17-11(2,3)7-5-6-7/h7H,4-6H2,1-3H3,(H2,13,14,15,16,17). The number of anilines is 2. The molecule has 0 spiro atoms. The van der Waals surface area contributed by atoms with Gasteiger partial charge in [0.2, 0.25) is 17.2 Å². The fourth-order valence-electron chi connectivity index (χ4n) is 1.84. The summed E-state index contributed by atoms with van der Waals surface area (Å²) in [6, 6.07) is 0. The van der Waals surface area contributed by atoms with Crippen LogP contribution in [0.15, 0.2) is 0 Å². The molecule has 1 aromatic heterocycles. The van der Waals surface area contributed by atoms with E-state index in [9.17, 15) is 0 Å². The van der Waals surface area contributed by atoms with E-state index in [2.05, 4.69) is 39.4 Å². The van der Waals surface area contributed by atoms with Crippen LogP contribution in [0.25, 0.3) is 0 Å². The van der Waals surface area contributed by atoms with Crippen molar-refractivity contribution in [1.29, 1.82) is 0 Å². The molecule has 1 heterocycles. The number of hydrogen-bond donors (Lipinski definition) is 2. The highest BCUT2D eigenvalue weighted by molar-refractivity contribution is 6.28. The normalized spacial score (nSPS) is 15.8. The largest absolute Gasteiger partial charge is 0.354 e. The molecule has 0 amide bonds. The number of rotatable bonds is 5. The van der Waals surface area contributed by atoms with E-state index in [1.807, 2.05) is 6.92 Å². The van der Waals surface area contributed by atoms with Gasteiger partial charge >= 0.3 is 0 Å². The Hall–Kier alpha value is -1.10. The lowest BCUT2D eigenvalue weighted by atomic mass is 9.99. The highest BCUT2D eigenvalue weighted by Crippen LogP contribution is 2.40. The summed E-state index contributed by atoms with van der Waals surface area (Å²) in [6.07, 6.45) is 2.53. The molecular formula is C11H18ClN5. The Morgan fingerprint density at radius 1 is 1.24 bits per heavy atom. The molecule has 1 aliphatic carbocycles. The van der Waals surface area contributed by atoms with E-state index in [4.69, 9.17) is 11.6 Å². The van der Waals surface area contributed by atoms with Gasteiger partial charge in [-0.1, -0.05) is 0 Å². The van der Waals surface area contributed by atoms with E-state index in [1.165, 1.54) is 12.8 Å². The first-order valence-corrected chi connectivity index (χ1v) is 6.32. The first-order valence-electron chi connectivity index (χ1n) is 5.95. The van der Waals surface area contributed by atoms with Gasteiger partial charge in [0.1, 0.15) is 0 Å². The predicted octanol–water partition coefficient (Wildman–Crippen LogP) is 2.56. The number of nitrogens with zero attached hydrogens (tertiary/aromatic N) is 3. The Morgan fingerprint density at radius 2 is 1.88 bits per heavy atom. The number of halogens is 1.